The van der Waals surface area contributed by atoms with Gasteiger partial charge in [0.25, 0.3) is 5.56 Å². The van der Waals surface area contributed by atoms with Crippen LogP contribution in [0.15, 0.2) is 51.7 Å². The number of aromatic amines is 1. The second-order valence-corrected chi connectivity index (χ2v) is 7.14. The van der Waals surface area contributed by atoms with Gasteiger partial charge in [-0.25, -0.2) is 0 Å². The van der Waals surface area contributed by atoms with E-state index in [4.69, 9.17) is 15.2 Å². The smallest absolute Gasteiger partial charge is 0.268 e. The first kappa shape index (κ1) is 21.0. The molecule has 0 bridgehead atoms. The molecule has 3 aromatic rings. The van der Waals surface area contributed by atoms with E-state index in [0.717, 1.165) is 5.56 Å². The molecule has 0 radical (unpaired) electrons. The molecule has 0 saturated carbocycles. The summed E-state index contributed by atoms with van der Waals surface area (Å²) < 4.78 is 11.9. The summed E-state index contributed by atoms with van der Waals surface area (Å²) in [5, 5.41) is 19.0. The molecule has 150 valence electrons. The summed E-state index contributed by atoms with van der Waals surface area (Å²) in [7, 11) is 1.49. The number of nitrogens with zero attached hydrogens (tertiary/aromatic N) is 2. The number of nitrogens with two attached hydrogens (primary N) is 1. The number of anilines is 1. The van der Waals surface area contributed by atoms with Crippen LogP contribution < -0.4 is 20.8 Å². The molecule has 1 aromatic heterocycles. The Kier molecular flexibility index (Phi) is 6.41. The Balaban J connectivity index is 2.02. The summed E-state index contributed by atoms with van der Waals surface area (Å²) in [6, 6.07) is 17.0. The number of ether oxygens (including phenoxy) is 2. The van der Waals surface area contributed by atoms with Crippen LogP contribution in [0.4, 0.5) is 5.82 Å². The highest BCUT2D eigenvalue weighted by Crippen LogP contribution is 2.41. The molecule has 3 N–H and O–H groups in total. The average Bonchev–Trinajstić information content (AvgIpc) is 2.74. The summed E-state index contributed by atoms with van der Waals surface area (Å²) in [5.74, 6) is 0.775. The van der Waals surface area contributed by atoms with Gasteiger partial charge in [-0.05, 0) is 17.7 Å². The second kappa shape index (κ2) is 9.17. The number of halogens is 1. The number of hydrogen-bond acceptors (Lipinski definition) is 6. The number of H-pyrrole nitrogens is 1. The van der Waals surface area contributed by atoms with Crippen LogP contribution in [-0.2, 0) is 6.42 Å². The van der Waals surface area contributed by atoms with Crippen molar-refractivity contribution < 1.29 is 9.47 Å². The van der Waals surface area contributed by atoms with Crippen LogP contribution in [0, 0.1) is 22.7 Å². The zero-order valence-corrected chi connectivity index (χ0v) is 17.6. The van der Waals surface area contributed by atoms with Crippen molar-refractivity contribution in [2.45, 2.75) is 6.42 Å². The topological polar surface area (TPSA) is 125 Å². The molecule has 0 aliphatic heterocycles. The molecule has 3 rings (SSSR count). The van der Waals surface area contributed by atoms with Gasteiger partial charge in [0.1, 0.15) is 29.1 Å². The first-order valence-corrected chi connectivity index (χ1v) is 9.70. The summed E-state index contributed by atoms with van der Waals surface area (Å²) >= 11 is 3.45. The van der Waals surface area contributed by atoms with Gasteiger partial charge < -0.3 is 20.2 Å². The molecule has 0 aliphatic carbocycles. The molecule has 1 heterocycles. The van der Waals surface area contributed by atoms with Gasteiger partial charge in [-0.3, -0.25) is 4.79 Å². The van der Waals surface area contributed by atoms with Gasteiger partial charge in [0, 0.05) is 22.0 Å². The van der Waals surface area contributed by atoms with E-state index in [9.17, 15) is 15.3 Å². The van der Waals surface area contributed by atoms with Gasteiger partial charge in [0.15, 0.2) is 11.5 Å². The van der Waals surface area contributed by atoms with Gasteiger partial charge in [0.05, 0.1) is 13.7 Å². The number of benzene rings is 2. The molecule has 7 nitrogen and oxygen atoms in total. The van der Waals surface area contributed by atoms with Crippen LogP contribution in [-0.4, -0.2) is 18.7 Å². The maximum Gasteiger partial charge on any atom is 0.268 e. The van der Waals surface area contributed by atoms with E-state index >= 15 is 0 Å². The number of methoxy groups -OCH3 is 1. The number of rotatable bonds is 6. The van der Waals surface area contributed by atoms with Gasteiger partial charge in [-0.1, -0.05) is 46.3 Å². The summed E-state index contributed by atoms with van der Waals surface area (Å²) in [6.07, 6.45) is 0.713. The van der Waals surface area contributed by atoms with E-state index in [1.54, 1.807) is 12.1 Å². The standard InChI is InChI=1S/C22H17BrN4O3/c1-29-18-9-14(20-15(11-24)21(26)27-22(28)16(20)12-25)17(23)10-19(18)30-8-7-13-5-3-2-4-6-13/h2-6,9-10H,7-8H2,1H3,(H3,26,27,28). The van der Waals surface area contributed by atoms with Crippen molar-refractivity contribution in [3.63, 3.8) is 0 Å². The molecular formula is C22H17BrN4O3. The van der Waals surface area contributed by atoms with Crippen LogP contribution in [0.5, 0.6) is 11.5 Å². The van der Waals surface area contributed by atoms with Crippen molar-refractivity contribution in [3.05, 3.63) is 74.0 Å². The highest BCUT2D eigenvalue weighted by Gasteiger charge is 2.22. The van der Waals surface area contributed by atoms with Crippen molar-refractivity contribution in [1.82, 2.24) is 4.98 Å². The fourth-order valence-corrected chi connectivity index (χ4v) is 3.56. The van der Waals surface area contributed by atoms with E-state index in [2.05, 4.69) is 20.9 Å². The number of pyridine rings is 1. The molecule has 8 heteroatoms. The van der Waals surface area contributed by atoms with E-state index < -0.39 is 5.56 Å². The lowest BCUT2D eigenvalue weighted by Gasteiger charge is -2.16. The highest BCUT2D eigenvalue weighted by molar-refractivity contribution is 9.10. The maximum absolute atomic E-state index is 12.2. The zero-order chi connectivity index (χ0) is 21.7. The number of nitrogen functional groups attached to an aromatic ring is 1. The third-order valence-electron chi connectivity index (χ3n) is 4.48. The highest BCUT2D eigenvalue weighted by atomic mass is 79.9. The lowest BCUT2D eigenvalue weighted by molar-refractivity contribution is 0.297. The fourth-order valence-electron chi connectivity index (χ4n) is 3.04. The minimum absolute atomic E-state index is 0.00616. The predicted molar refractivity (Wildman–Crippen MR) is 116 cm³/mol. The molecule has 0 fully saturated rings. The Morgan fingerprint density at radius 3 is 2.43 bits per heavy atom. The lowest BCUT2D eigenvalue weighted by Crippen LogP contribution is -2.16. The monoisotopic (exact) mass is 464 g/mol. The van der Waals surface area contributed by atoms with E-state index in [0.29, 0.717) is 34.6 Å². The van der Waals surface area contributed by atoms with Gasteiger partial charge >= 0.3 is 0 Å². The summed E-state index contributed by atoms with van der Waals surface area (Å²) in [6.45, 7) is 0.428. The van der Waals surface area contributed by atoms with Crippen LogP contribution >= 0.6 is 15.9 Å². The Bertz CT molecular complexity index is 1220. The quantitative estimate of drug-likeness (QED) is 0.571. The van der Waals surface area contributed by atoms with E-state index in [-0.39, 0.29) is 22.5 Å². The second-order valence-electron chi connectivity index (χ2n) is 6.28. The molecule has 0 spiro atoms. The minimum Gasteiger partial charge on any atom is -0.493 e. The molecular weight excluding hydrogens is 448 g/mol. The Morgan fingerprint density at radius 1 is 1.10 bits per heavy atom. The van der Waals surface area contributed by atoms with Crippen molar-refractivity contribution in [2.24, 2.45) is 0 Å². The van der Waals surface area contributed by atoms with Crippen molar-refractivity contribution in [1.29, 1.82) is 10.5 Å². The fraction of sp³-hybridized carbons (Fsp3) is 0.136. The number of nitriles is 2. The Labute approximate surface area is 181 Å². The molecule has 0 atom stereocenters. The first-order chi connectivity index (χ1) is 14.5. The predicted octanol–water partition coefficient (Wildman–Crippen LogP) is 3.76. The van der Waals surface area contributed by atoms with E-state index in [1.165, 1.54) is 7.11 Å². The molecule has 30 heavy (non-hydrogen) atoms. The Hall–Kier alpha value is -3.75. The molecule has 0 saturated heterocycles. The Morgan fingerprint density at radius 2 is 1.80 bits per heavy atom. The summed E-state index contributed by atoms with van der Waals surface area (Å²) in [5.41, 5.74) is 6.64. The number of nitrogens with one attached hydrogen (secondary N) is 1. The minimum atomic E-state index is -0.668. The zero-order valence-electron chi connectivity index (χ0n) is 16.0. The number of aromatic nitrogens is 1. The largest absolute Gasteiger partial charge is 0.493 e. The van der Waals surface area contributed by atoms with Crippen LogP contribution in [0.25, 0.3) is 11.1 Å². The molecule has 0 aliphatic rings. The SMILES string of the molecule is COc1cc(-c2c(C#N)c(N)[nH]c(=O)c2C#N)c(Br)cc1OCCc1ccccc1. The third-order valence-corrected chi connectivity index (χ3v) is 5.14. The lowest BCUT2D eigenvalue weighted by atomic mass is 9.96. The van der Waals surface area contributed by atoms with Gasteiger partial charge in [0.2, 0.25) is 0 Å². The molecule has 0 unspecified atom stereocenters. The van der Waals surface area contributed by atoms with Crippen LogP contribution in [0.1, 0.15) is 16.7 Å². The van der Waals surface area contributed by atoms with Crippen LogP contribution in [0.3, 0.4) is 0 Å². The van der Waals surface area contributed by atoms with Crippen LogP contribution in [0.2, 0.25) is 0 Å². The van der Waals surface area contributed by atoms with Gasteiger partial charge in [-0.2, -0.15) is 10.5 Å². The number of hydrogen-bond donors (Lipinski definition) is 2. The van der Waals surface area contributed by atoms with Gasteiger partial charge in [-0.15, -0.1) is 0 Å². The first-order valence-electron chi connectivity index (χ1n) is 8.90. The third kappa shape index (κ3) is 4.14. The van der Waals surface area contributed by atoms with Crippen molar-refractivity contribution >= 4 is 21.7 Å². The van der Waals surface area contributed by atoms with E-state index in [1.807, 2.05) is 42.5 Å². The molecule has 2 aromatic carbocycles. The van der Waals surface area contributed by atoms with Crippen molar-refractivity contribution in [3.8, 4) is 34.8 Å². The maximum atomic E-state index is 12.2. The molecule has 0 amide bonds. The van der Waals surface area contributed by atoms with Crippen molar-refractivity contribution in [2.75, 3.05) is 19.5 Å². The summed E-state index contributed by atoms with van der Waals surface area (Å²) in [4.78, 5) is 14.5. The normalized spacial score (nSPS) is 10.1. The average molecular weight is 465 g/mol.